The number of allylic oxidation sites excluding steroid dienone is 1. The molecule has 0 saturated heterocycles. The lowest BCUT2D eigenvalue weighted by Gasteiger charge is -2.13. The summed E-state index contributed by atoms with van der Waals surface area (Å²) in [6, 6.07) is 0. The van der Waals surface area contributed by atoms with Gasteiger partial charge in [0.1, 0.15) is 0 Å². The van der Waals surface area contributed by atoms with E-state index < -0.39 is 0 Å². The number of ether oxygens (including phenoxy) is 1. The van der Waals surface area contributed by atoms with Crippen LogP contribution in [0, 0.1) is 0 Å². The molecule has 0 fully saturated rings. The molecule has 0 aliphatic carbocycles. The molecule has 15 heavy (non-hydrogen) atoms. The van der Waals surface area contributed by atoms with Crippen molar-refractivity contribution in [1.82, 2.24) is 4.90 Å². The number of nitrogens with zero attached hydrogens (tertiary/aromatic N) is 1. The molecule has 0 amide bonds. The van der Waals surface area contributed by atoms with Gasteiger partial charge in [-0.1, -0.05) is 25.2 Å². The van der Waals surface area contributed by atoms with E-state index in [0.29, 0.717) is 0 Å². The molecule has 0 aromatic heterocycles. The predicted octanol–water partition coefficient (Wildman–Crippen LogP) is 2.87. The Morgan fingerprint density at radius 1 is 1.33 bits per heavy atom. The van der Waals surface area contributed by atoms with Crippen molar-refractivity contribution < 1.29 is 4.74 Å². The zero-order valence-electron chi connectivity index (χ0n) is 10.4. The van der Waals surface area contributed by atoms with Gasteiger partial charge in [0.15, 0.2) is 0 Å². The van der Waals surface area contributed by atoms with Gasteiger partial charge in [0.25, 0.3) is 0 Å². The smallest absolute Gasteiger partial charge is 0.0787 e. The summed E-state index contributed by atoms with van der Waals surface area (Å²) in [5.41, 5.74) is 0. The third kappa shape index (κ3) is 9.70. The van der Waals surface area contributed by atoms with Crippen molar-refractivity contribution in [3.05, 3.63) is 24.8 Å². The fourth-order valence-corrected chi connectivity index (χ4v) is 1.24. The van der Waals surface area contributed by atoms with Crippen LogP contribution in [0.5, 0.6) is 0 Å². The summed E-state index contributed by atoms with van der Waals surface area (Å²) in [4.78, 5) is 2.17. The molecule has 0 rings (SSSR count). The highest BCUT2D eigenvalue weighted by Crippen LogP contribution is 2.02. The minimum atomic E-state index is 0.176. The van der Waals surface area contributed by atoms with Crippen LogP contribution in [-0.2, 0) is 4.74 Å². The van der Waals surface area contributed by atoms with Crippen molar-refractivity contribution in [3.8, 4) is 0 Å². The van der Waals surface area contributed by atoms with Gasteiger partial charge in [0.2, 0.25) is 0 Å². The van der Waals surface area contributed by atoms with Gasteiger partial charge >= 0.3 is 0 Å². The van der Waals surface area contributed by atoms with Gasteiger partial charge < -0.3 is 9.64 Å². The van der Waals surface area contributed by atoms with Crippen LogP contribution < -0.4 is 0 Å². The standard InChI is InChI=1S/C13H25NO/c1-5-7-8-10-13(6-2)15-12-9-11-14(3)4/h6-8,13H,2,5,9-12H2,1,3-4H3/b8-7+/t13-/m0/s1. The van der Waals surface area contributed by atoms with E-state index in [2.05, 4.69) is 44.6 Å². The molecule has 0 heterocycles. The Hall–Kier alpha value is -0.600. The van der Waals surface area contributed by atoms with Gasteiger partial charge in [-0.25, -0.2) is 0 Å². The van der Waals surface area contributed by atoms with Crippen LogP contribution in [0.2, 0.25) is 0 Å². The van der Waals surface area contributed by atoms with E-state index >= 15 is 0 Å². The van der Waals surface area contributed by atoms with Crippen molar-refractivity contribution in [2.75, 3.05) is 27.2 Å². The maximum absolute atomic E-state index is 5.69. The quantitative estimate of drug-likeness (QED) is 0.429. The van der Waals surface area contributed by atoms with Crippen molar-refractivity contribution >= 4 is 0 Å². The monoisotopic (exact) mass is 211 g/mol. The van der Waals surface area contributed by atoms with Gasteiger partial charge in [-0.15, -0.1) is 6.58 Å². The minimum absolute atomic E-state index is 0.176. The summed E-state index contributed by atoms with van der Waals surface area (Å²) in [6.07, 6.45) is 9.50. The summed E-state index contributed by atoms with van der Waals surface area (Å²) in [7, 11) is 4.16. The molecule has 0 unspecified atom stereocenters. The van der Waals surface area contributed by atoms with E-state index in [9.17, 15) is 0 Å². The van der Waals surface area contributed by atoms with E-state index in [0.717, 1.165) is 32.4 Å². The highest BCUT2D eigenvalue weighted by Gasteiger charge is 2.01. The maximum atomic E-state index is 5.69. The van der Waals surface area contributed by atoms with Gasteiger partial charge in [-0.05, 0) is 39.9 Å². The van der Waals surface area contributed by atoms with Crippen molar-refractivity contribution in [1.29, 1.82) is 0 Å². The SMILES string of the molecule is C=C[C@@H](C/C=C/CC)OCCCN(C)C. The van der Waals surface area contributed by atoms with Gasteiger partial charge in [-0.2, -0.15) is 0 Å². The van der Waals surface area contributed by atoms with E-state index in [-0.39, 0.29) is 6.10 Å². The molecule has 2 heteroatoms. The predicted molar refractivity (Wildman–Crippen MR) is 67.2 cm³/mol. The molecule has 0 saturated carbocycles. The van der Waals surface area contributed by atoms with Crippen molar-refractivity contribution in [3.63, 3.8) is 0 Å². The fraction of sp³-hybridized carbons (Fsp3) is 0.692. The Bertz CT molecular complexity index is 175. The second-order valence-electron chi connectivity index (χ2n) is 3.92. The van der Waals surface area contributed by atoms with Gasteiger partial charge in [0.05, 0.1) is 6.10 Å². The molecule has 2 nitrogen and oxygen atoms in total. The first-order chi connectivity index (χ1) is 7.20. The first-order valence-corrected chi connectivity index (χ1v) is 5.74. The lowest BCUT2D eigenvalue weighted by Crippen LogP contribution is -2.17. The van der Waals surface area contributed by atoms with Crippen LogP contribution in [0.15, 0.2) is 24.8 Å². The van der Waals surface area contributed by atoms with Gasteiger partial charge in [-0.3, -0.25) is 0 Å². The van der Waals surface area contributed by atoms with Crippen LogP contribution >= 0.6 is 0 Å². The number of hydrogen-bond donors (Lipinski definition) is 0. The molecule has 1 atom stereocenters. The molecule has 0 N–H and O–H groups in total. The lowest BCUT2D eigenvalue weighted by molar-refractivity contribution is 0.0815. The number of rotatable bonds is 9. The molecule has 88 valence electrons. The zero-order chi connectivity index (χ0) is 11.5. The van der Waals surface area contributed by atoms with Crippen molar-refractivity contribution in [2.24, 2.45) is 0 Å². The Morgan fingerprint density at radius 3 is 2.60 bits per heavy atom. The molecular weight excluding hydrogens is 186 g/mol. The van der Waals surface area contributed by atoms with E-state index in [1.165, 1.54) is 0 Å². The molecule has 0 spiro atoms. The average molecular weight is 211 g/mol. The molecule has 0 aromatic carbocycles. The lowest BCUT2D eigenvalue weighted by atomic mass is 10.2. The third-order valence-electron chi connectivity index (χ3n) is 2.12. The Labute approximate surface area is 94.6 Å². The largest absolute Gasteiger partial charge is 0.374 e. The van der Waals surface area contributed by atoms with Crippen LogP contribution in [0.4, 0.5) is 0 Å². The van der Waals surface area contributed by atoms with Crippen molar-refractivity contribution in [2.45, 2.75) is 32.3 Å². The Morgan fingerprint density at radius 2 is 2.07 bits per heavy atom. The first-order valence-electron chi connectivity index (χ1n) is 5.74. The molecule has 0 aliphatic heterocycles. The molecule has 0 radical (unpaired) electrons. The number of hydrogen-bond acceptors (Lipinski definition) is 2. The normalized spacial score (nSPS) is 13.6. The Balaban J connectivity index is 3.52. The first kappa shape index (κ1) is 14.4. The molecule has 0 bridgehead atoms. The second-order valence-corrected chi connectivity index (χ2v) is 3.92. The summed E-state index contributed by atoms with van der Waals surface area (Å²) >= 11 is 0. The summed E-state index contributed by atoms with van der Waals surface area (Å²) in [6.45, 7) is 7.81. The highest BCUT2D eigenvalue weighted by atomic mass is 16.5. The average Bonchev–Trinajstić information content (AvgIpc) is 2.21. The molecule has 0 aliphatic rings. The molecular formula is C13H25NO. The van der Waals surface area contributed by atoms with Crippen LogP contribution in [0.1, 0.15) is 26.2 Å². The second kappa shape index (κ2) is 9.94. The van der Waals surface area contributed by atoms with Gasteiger partial charge in [0, 0.05) is 6.61 Å². The highest BCUT2D eigenvalue weighted by molar-refractivity contribution is 4.90. The van der Waals surface area contributed by atoms with Crippen LogP contribution in [-0.4, -0.2) is 38.3 Å². The summed E-state index contributed by atoms with van der Waals surface area (Å²) < 4.78 is 5.69. The van der Waals surface area contributed by atoms with E-state index in [1.54, 1.807) is 0 Å². The third-order valence-corrected chi connectivity index (χ3v) is 2.12. The zero-order valence-corrected chi connectivity index (χ0v) is 10.4. The fourth-order valence-electron chi connectivity index (χ4n) is 1.24. The van der Waals surface area contributed by atoms with Crippen LogP contribution in [0.3, 0.4) is 0 Å². The topological polar surface area (TPSA) is 12.5 Å². The van der Waals surface area contributed by atoms with E-state index in [4.69, 9.17) is 4.74 Å². The maximum Gasteiger partial charge on any atom is 0.0787 e. The minimum Gasteiger partial charge on any atom is -0.374 e. The Kier molecular flexibility index (Phi) is 9.54. The van der Waals surface area contributed by atoms with E-state index in [1.807, 2.05) is 6.08 Å². The van der Waals surface area contributed by atoms with Crippen LogP contribution in [0.25, 0.3) is 0 Å². The summed E-state index contributed by atoms with van der Waals surface area (Å²) in [5.74, 6) is 0. The molecule has 0 aromatic rings. The summed E-state index contributed by atoms with van der Waals surface area (Å²) in [5, 5.41) is 0.